The van der Waals surface area contributed by atoms with Crippen LogP contribution in [0.1, 0.15) is 42.8 Å². The van der Waals surface area contributed by atoms with Crippen LogP contribution in [0.5, 0.6) is 0 Å². The van der Waals surface area contributed by atoms with Gasteiger partial charge in [-0.2, -0.15) is 0 Å². The Morgan fingerprint density at radius 2 is 2.14 bits per heavy atom. The van der Waals surface area contributed by atoms with Crippen molar-refractivity contribution < 1.29 is 13.9 Å². The van der Waals surface area contributed by atoms with E-state index in [4.69, 9.17) is 9.15 Å². The number of rotatable bonds is 4. The lowest BCUT2D eigenvalue weighted by Crippen LogP contribution is -2.09. The van der Waals surface area contributed by atoms with Gasteiger partial charge in [0.2, 0.25) is 5.89 Å². The maximum Gasteiger partial charge on any atom is 0.338 e. The highest BCUT2D eigenvalue weighted by molar-refractivity contribution is 8.00. The lowest BCUT2D eigenvalue weighted by molar-refractivity contribution is 0.0436. The van der Waals surface area contributed by atoms with Gasteiger partial charge >= 0.3 is 5.97 Å². The zero-order valence-corrected chi connectivity index (χ0v) is 13.4. The highest BCUT2D eigenvalue weighted by Crippen LogP contribution is 2.30. The molecule has 0 aromatic carbocycles. The smallest absolute Gasteiger partial charge is 0.338 e. The summed E-state index contributed by atoms with van der Waals surface area (Å²) in [5.41, 5.74) is 0.472. The molecule has 0 amide bonds. The summed E-state index contributed by atoms with van der Waals surface area (Å²) in [5, 5.41) is 0.795. The fraction of sp³-hybridized carbons (Fsp3) is 0.400. The van der Waals surface area contributed by atoms with E-state index in [1.54, 1.807) is 43.2 Å². The molecule has 2 aromatic heterocycles. The van der Waals surface area contributed by atoms with E-state index in [2.05, 4.69) is 30.7 Å². The van der Waals surface area contributed by atoms with E-state index in [1.807, 2.05) is 0 Å². The van der Waals surface area contributed by atoms with Gasteiger partial charge in [0.05, 0.1) is 16.8 Å². The van der Waals surface area contributed by atoms with Crippen LogP contribution in [0.2, 0.25) is 0 Å². The molecule has 0 aliphatic rings. The van der Waals surface area contributed by atoms with Crippen molar-refractivity contribution >= 4 is 17.7 Å². The summed E-state index contributed by atoms with van der Waals surface area (Å²) in [4.78, 5) is 20.3. The Morgan fingerprint density at radius 3 is 2.76 bits per heavy atom. The summed E-state index contributed by atoms with van der Waals surface area (Å²) in [6, 6.07) is 3.37. The van der Waals surface area contributed by atoms with Gasteiger partial charge < -0.3 is 9.15 Å². The molecule has 0 aliphatic carbocycles. The summed E-state index contributed by atoms with van der Waals surface area (Å²) in [5.74, 6) is 0.664. The summed E-state index contributed by atoms with van der Waals surface area (Å²) in [6.07, 6.45) is 3.20. The van der Waals surface area contributed by atoms with Gasteiger partial charge in [-0.1, -0.05) is 20.8 Å². The number of aromatic nitrogens is 2. The second-order valence-electron chi connectivity index (χ2n) is 5.54. The zero-order valence-electron chi connectivity index (χ0n) is 12.5. The molecule has 5 nitrogen and oxygen atoms in total. The number of carbonyl (C=O) groups excluding carboxylic acids is 1. The Labute approximate surface area is 128 Å². The molecule has 0 bridgehead atoms. The van der Waals surface area contributed by atoms with E-state index in [9.17, 15) is 4.79 Å². The second kappa shape index (κ2) is 6.30. The van der Waals surface area contributed by atoms with Gasteiger partial charge in [-0.3, -0.25) is 0 Å². The van der Waals surface area contributed by atoms with Crippen molar-refractivity contribution in [2.75, 3.05) is 0 Å². The number of esters is 1. The molecule has 0 saturated carbocycles. The van der Waals surface area contributed by atoms with Gasteiger partial charge in [-0.05, 0) is 19.1 Å². The van der Waals surface area contributed by atoms with Crippen LogP contribution in [0.25, 0.3) is 0 Å². The molecule has 0 unspecified atom stereocenters. The normalized spacial score (nSPS) is 11.4. The van der Waals surface area contributed by atoms with Crippen molar-refractivity contribution in [2.45, 2.75) is 44.1 Å². The molecule has 0 radical (unpaired) electrons. The summed E-state index contributed by atoms with van der Waals surface area (Å²) in [7, 11) is 0. The lowest BCUT2D eigenvalue weighted by atomic mass is 10.3. The van der Waals surface area contributed by atoms with Gasteiger partial charge in [-0.25, -0.2) is 14.8 Å². The first-order valence-corrected chi connectivity index (χ1v) is 7.39. The number of oxazole rings is 1. The first-order valence-electron chi connectivity index (χ1n) is 6.57. The van der Waals surface area contributed by atoms with Gasteiger partial charge in [-0.15, -0.1) is 11.8 Å². The van der Waals surface area contributed by atoms with Crippen LogP contribution >= 0.6 is 11.8 Å². The number of hydrogen-bond donors (Lipinski definition) is 0. The van der Waals surface area contributed by atoms with Crippen LogP contribution < -0.4 is 0 Å². The maximum atomic E-state index is 12.0. The van der Waals surface area contributed by atoms with Gasteiger partial charge in [0.25, 0.3) is 0 Å². The van der Waals surface area contributed by atoms with Crippen molar-refractivity contribution in [2.24, 2.45) is 0 Å². The topological polar surface area (TPSA) is 65.2 Å². The average Bonchev–Trinajstić information content (AvgIpc) is 2.80. The minimum absolute atomic E-state index is 0.0245. The number of thioether (sulfide) groups is 1. The third kappa shape index (κ3) is 4.90. The van der Waals surface area contributed by atoms with Crippen molar-refractivity contribution in [3.05, 3.63) is 41.7 Å². The Kier molecular flexibility index (Phi) is 4.67. The molecule has 0 N–H and O–H groups in total. The highest BCUT2D eigenvalue weighted by Gasteiger charge is 2.15. The first-order chi connectivity index (χ1) is 9.83. The Morgan fingerprint density at radius 1 is 1.38 bits per heavy atom. The molecule has 0 spiro atoms. The molecule has 6 heteroatoms. The fourth-order valence-electron chi connectivity index (χ4n) is 1.58. The minimum Gasteiger partial charge on any atom is -0.452 e. The molecule has 0 atom stereocenters. The molecule has 2 heterocycles. The maximum absolute atomic E-state index is 12.0. The van der Waals surface area contributed by atoms with E-state index < -0.39 is 5.97 Å². The van der Waals surface area contributed by atoms with Crippen molar-refractivity contribution in [1.29, 1.82) is 0 Å². The number of hydrogen-bond acceptors (Lipinski definition) is 6. The molecular formula is C15H18N2O3S. The van der Waals surface area contributed by atoms with Crippen LogP contribution in [0.4, 0.5) is 0 Å². The monoisotopic (exact) mass is 306 g/mol. The van der Waals surface area contributed by atoms with Crippen LogP contribution in [-0.4, -0.2) is 20.7 Å². The van der Waals surface area contributed by atoms with E-state index >= 15 is 0 Å². The van der Waals surface area contributed by atoms with Crippen molar-refractivity contribution in [3.8, 4) is 0 Å². The standard InChI is InChI=1S/C15H18N2O3S/c1-10-8-17-12(20-10)9-19-14(18)11-5-6-16-13(7-11)21-15(2,3)4/h5-8H,9H2,1-4H3. The predicted molar refractivity (Wildman–Crippen MR) is 80.2 cm³/mol. The van der Waals surface area contributed by atoms with E-state index in [-0.39, 0.29) is 11.4 Å². The Bertz CT molecular complexity index is 632. The Hall–Kier alpha value is -1.82. The molecule has 0 saturated heterocycles. The predicted octanol–water partition coefficient (Wildman–Crippen LogP) is 3.63. The number of pyridine rings is 1. The Balaban J connectivity index is 2.00. The first kappa shape index (κ1) is 15.6. The van der Waals surface area contributed by atoms with Gasteiger partial charge in [0.15, 0.2) is 6.61 Å². The largest absolute Gasteiger partial charge is 0.452 e. The van der Waals surface area contributed by atoms with Gasteiger partial charge in [0, 0.05) is 10.9 Å². The van der Waals surface area contributed by atoms with E-state index in [0.717, 1.165) is 5.03 Å². The van der Waals surface area contributed by atoms with Crippen LogP contribution in [-0.2, 0) is 11.3 Å². The molecule has 112 valence electrons. The summed E-state index contributed by atoms with van der Waals surface area (Å²) < 4.78 is 10.5. The molecule has 2 rings (SSSR count). The highest BCUT2D eigenvalue weighted by atomic mass is 32.2. The van der Waals surface area contributed by atoms with E-state index in [1.165, 1.54) is 0 Å². The van der Waals surface area contributed by atoms with E-state index in [0.29, 0.717) is 17.2 Å². The molecule has 0 aliphatic heterocycles. The third-order valence-corrected chi connectivity index (χ3v) is 3.42. The lowest BCUT2D eigenvalue weighted by Gasteiger charge is -2.16. The van der Waals surface area contributed by atoms with Crippen molar-refractivity contribution in [1.82, 2.24) is 9.97 Å². The summed E-state index contributed by atoms with van der Waals surface area (Å²) >= 11 is 1.60. The SMILES string of the molecule is Cc1cnc(COC(=O)c2ccnc(SC(C)(C)C)c2)o1. The second-order valence-corrected chi connectivity index (χ2v) is 7.39. The summed E-state index contributed by atoms with van der Waals surface area (Å²) in [6.45, 7) is 8.09. The van der Waals surface area contributed by atoms with Gasteiger partial charge in [0.1, 0.15) is 5.76 Å². The molecule has 2 aromatic rings. The number of aryl methyl sites for hydroxylation is 1. The van der Waals surface area contributed by atoms with Crippen LogP contribution in [0.3, 0.4) is 0 Å². The zero-order chi connectivity index (χ0) is 15.5. The number of carbonyl (C=O) groups is 1. The number of nitrogens with zero attached hydrogens (tertiary/aromatic N) is 2. The van der Waals surface area contributed by atoms with Crippen LogP contribution in [0, 0.1) is 6.92 Å². The average molecular weight is 306 g/mol. The molecule has 0 fully saturated rings. The molecular weight excluding hydrogens is 288 g/mol. The number of ether oxygens (including phenoxy) is 1. The third-order valence-electron chi connectivity index (χ3n) is 2.38. The van der Waals surface area contributed by atoms with Crippen LogP contribution in [0.15, 0.2) is 34.0 Å². The quantitative estimate of drug-likeness (QED) is 0.635. The minimum atomic E-state index is -0.413. The molecule has 21 heavy (non-hydrogen) atoms. The fourth-order valence-corrected chi connectivity index (χ4v) is 2.51. The van der Waals surface area contributed by atoms with Crippen molar-refractivity contribution in [3.63, 3.8) is 0 Å².